The van der Waals surface area contributed by atoms with Crippen molar-refractivity contribution in [1.29, 1.82) is 0 Å². The number of para-hydroxylation sites is 1. The molecule has 1 atom stereocenters. The SMILES string of the molecule is CCc1ccc(C2(c3c(C)n(CC)c4ccccc34)OC(=O)c3ccccc32)c(CC)c1N. The highest BCUT2D eigenvalue weighted by Gasteiger charge is 2.52. The molecule has 2 heterocycles. The van der Waals surface area contributed by atoms with Crippen LogP contribution in [0.2, 0.25) is 0 Å². The van der Waals surface area contributed by atoms with Crippen LogP contribution in [0.1, 0.15) is 64.6 Å². The molecule has 4 aromatic rings. The van der Waals surface area contributed by atoms with Crippen molar-refractivity contribution in [1.82, 2.24) is 4.57 Å². The average Bonchev–Trinajstić information content (AvgIpc) is 3.29. The Bertz CT molecular complexity index is 1400. The molecule has 1 aliphatic heterocycles. The lowest BCUT2D eigenvalue weighted by atomic mass is 9.75. The predicted octanol–water partition coefficient (Wildman–Crippen LogP) is 6.14. The molecule has 0 saturated heterocycles. The smallest absolute Gasteiger partial charge is 0.340 e. The van der Waals surface area contributed by atoms with Crippen LogP contribution in [-0.4, -0.2) is 10.5 Å². The number of nitrogens with two attached hydrogens (primary N) is 1. The summed E-state index contributed by atoms with van der Waals surface area (Å²) in [4.78, 5) is 13.3. The maximum atomic E-state index is 13.3. The molecule has 0 saturated carbocycles. The monoisotopic (exact) mass is 438 g/mol. The lowest BCUT2D eigenvalue weighted by Gasteiger charge is -2.33. The number of aryl methyl sites for hydroxylation is 2. The van der Waals surface area contributed by atoms with Gasteiger partial charge in [-0.25, -0.2) is 4.79 Å². The zero-order chi connectivity index (χ0) is 23.3. The number of hydrogen-bond acceptors (Lipinski definition) is 3. The van der Waals surface area contributed by atoms with Crippen molar-refractivity contribution in [2.45, 2.75) is 52.7 Å². The van der Waals surface area contributed by atoms with Crippen LogP contribution in [0.4, 0.5) is 5.69 Å². The third-order valence-corrected chi connectivity index (χ3v) is 7.23. The Balaban J connectivity index is 1.98. The van der Waals surface area contributed by atoms with Crippen LogP contribution >= 0.6 is 0 Å². The molecule has 5 rings (SSSR count). The van der Waals surface area contributed by atoms with Crippen molar-refractivity contribution < 1.29 is 9.53 Å². The molecule has 3 aromatic carbocycles. The van der Waals surface area contributed by atoms with Gasteiger partial charge in [0.05, 0.1) is 5.56 Å². The number of nitrogens with zero attached hydrogens (tertiary/aromatic N) is 1. The molecule has 0 spiro atoms. The highest BCUT2D eigenvalue weighted by molar-refractivity contribution is 5.99. The van der Waals surface area contributed by atoms with Gasteiger partial charge in [0, 0.05) is 45.5 Å². The second-order valence-corrected chi connectivity index (χ2v) is 8.71. The van der Waals surface area contributed by atoms with E-state index in [0.717, 1.165) is 69.5 Å². The molecule has 1 unspecified atom stereocenters. The summed E-state index contributed by atoms with van der Waals surface area (Å²) in [6, 6.07) is 20.4. The van der Waals surface area contributed by atoms with Gasteiger partial charge in [-0.2, -0.15) is 0 Å². The molecule has 33 heavy (non-hydrogen) atoms. The number of fused-ring (bicyclic) bond motifs is 2. The average molecular weight is 439 g/mol. The van der Waals surface area contributed by atoms with Crippen molar-refractivity contribution in [3.8, 4) is 0 Å². The molecule has 4 heteroatoms. The Morgan fingerprint density at radius 1 is 0.909 bits per heavy atom. The molecular weight excluding hydrogens is 408 g/mol. The molecule has 0 aliphatic carbocycles. The summed E-state index contributed by atoms with van der Waals surface area (Å²) in [6.45, 7) is 9.34. The van der Waals surface area contributed by atoms with Gasteiger partial charge in [0.15, 0.2) is 5.60 Å². The summed E-state index contributed by atoms with van der Waals surface area (Å²) in [5, 5.41) is 1.10. The number of hydrogen-bond donors (Lipinski definition) is 1. The number of cyclic esters (lactones) is 1. The Morgan fingerprint density at radius 3 is 2.36 bits per heavy atom. The lowest BCUT2D eigenvalue weighted by Crippen LogP contribution is -2.32. The number of aromatic nitrogens is 1. The zero-order valence-electron chi connectivity index (χ0n) is 19.7. The van der Waals surface area contributed by atoms with Gasteiger partial charge in [0.25, 0.3) is 0 Å². The molecule has 1 aliphatic rings. The zero-order valence-corrected chi connectivity index (χ0v) is 19.7. The minimum Gasteiger partial charge on any atom is -0.440 e. The number of carbonyl (C=O) groups is 1. The number of nitrogen functional groups attached to an aromatic ring is 1. The minimum atomic E-state index is -1.05. The van der Waals surface area contributed by atoms with Crippen LogP contribution in [0, 0.1) is 6.92 Å². The van der Waals surface area contributed by atoms with E-state index >= 15 is 0 Å². The number of anilines is 1. The van der Waals surface area contributed by atoms with E-state index < -0.39 is 5.60 Å². The first kappa shape index (κ1) is 21.3. The normalized spacial score (nSPS) is 17.4. The van der Waals surface area contributed by atoms with E-state index in [0.29, 0.717) is 5.56 Å². The number of rotatable bonds is 5. The van der Waals surface area contributed by atoms with Gasteiger partial charge < -0.3 is 15.0 Å². The number of esters is 1. The molecule has 4 nitrogen and oxygen atoms in total. The van der Waals surface area contributed by atoms with E-state index in [1.807, 2.05) is 24.3 Å². The summed E-state index contributed by atoms with van der Waals surface area (Å²) in [5.74, 6) is -0.293. The number of ether oxygens (including phenoxy) is 1. The molecule has 0 amide bonds. The fourth-order valence-corrected chi connectivity index (χ4v) is 5.75. The Kier molecular flexibility index (Phi) is 5.04. The third kappa shape index (κ3) is 2.80. The topological polar surface area (TPSA) is 57.2 Å². The van der Waals surface area contributed by atoms with E-state index in [1.165, 1.54) is 0 Å². The molecule has 0 fully saturated rings. The second kappa shape index (κ2) is 7.80. The summed E-state index contributed by atoms with van der Waals surface area (Å²) >= 11 is 0. The fraction of sp³-hybridized carbons (Fsp3) is 0.276. The molecule has 2 N–H and O–H groups in total. The second-order valence-electron chi connectivity index (χ2n) is 8.71. The van der Waals surface area contributed by atoms with E-state index in [1.54, 1.807) is 0 Å². The third-order valence-electron chi connectivity index (χ3n) is 7.23. The first-order chi connectivity index (χ1) is 16.0. The summed E-state index contributed by atoms with van der Waals surface area (Å²) in [6.07, 6.45) is 1.61. The quantitative estimate of drug-likeness (QED) is 0.301. The van der Waals surface area contributed by atoms with Crippen LogP contribution in [-0.2, 0) is 29.7 Å². The van der Waals surface area contributed by atoms with Gasteiger partial charge >= 0.3 is 5.97 Å². The standard InChI is InChI=1S/C29H30N2O2/c1-5-19-16-17-24(20(6-2)27(19)30)29(23-14-10-8-12-21(23)28(32)33-29)26-18(4)31(7-3)25-15-11-9-13-22(25)26/h8-17H,5-7,30H2,1-4H3. The summed E-state index contributed by atoms with van der Waals surface area (Å²) in [7, 11) is 0. The van der Waals surface area contributed by atoms with Gasteiger partial charge in [-0.1, -0.05) is 62.4 Å². The first-order valence-electron chi connectivity index (χ1n) is 11.8. The Hall–Kier alpha value is -3.53. The van der Waals surface area contributed by atoms with Crippen molar-refractivity contribution in [3.63, 3.8) is 0 Å². The Morgan fingerprint density at radius 2 is 1.64 bits per heavy atom. The van der Waals surface area contributed by atoms with Gasteiger partial charge in [-0.05, 0) is 49.9 Å². The predicted molar refractivity (Wildman–Crippen MR) is 134 cm³/mol. The van der Waals surface area contributed by atoms with Crippen LogP contribution < -0.4 is 5.73 Å². The van der Waals surface area contributed by atoms with Crippen molar-refractivity contribution in [2.75, 3.05) is 5.73 Å². The van der Waals surface area contributed by atoms with Gasteiger partial charge in [0.1, 0.15) is 0 Å². The lowest BCUT2D eigenvalue weighted by molar-refractivity contribution is 0.0251. The van der Waals surface area contributed by atoms with Crippen LogP contribution in [0.25, 0.3) is 10.9 Å². The van der Waals surface area contributed by atoms with E-state index in [9.17, 15) is 4.79 Å². The maximum absolute atomic E-state index is 13.3. The number of benzene rings is 3. The summed E-state index contributed by atoms with van der Waals surface area (Å²) in [5.41, 5.74) is 14.3. The van der Waals surface area contributed by atoms with Gasteiger partial charge in [0.2, 0.25) is 0 Å². The van der Waals surface area contributed by atoms with E-state index in [4.69, 9.17) is 10.5 Å². The van der Waals surface area contributed by atoms with Crippen molar-refractivity contribution in [2.24, 2.45) is 0 Å². The largest absolute Gasteiger partial charge is 0.440 e. The molecule has 0 radical (unpaired) electrons. The molecule has 0 bridgehead atoms. The van der Waals surface area contributed by atoms with Gasteiger partial charge in [-0.3, -0.25) is 0 Å². The first-order valence-corrected chi connectivity index (χ1v) is 11.8. The molecule has 168 valence electrons. The Labute approximate surface area is 195 Å². The van der Waals surface area contributed by atoms with Gasteiger partial charge in [-0.15, -0.1) is 0 Å². The number of carbonyl (C=O) groups excluding carboxylic acids is 1. The van der Waals surface area contributed by atoms with E-state index in [-0.39, 0.29) is 5.97 Å². The van der Waals surface area contributed by atoms with Crippen LogP contribution in [0.3, 0.4) is 0 Å². The van der Waals surface area contributed by atoms with Crippen molar-refractivity contribution in [3.05, 3.63) is 99.7 Å². The molecule has 1 aromatic heterocycles. The summed E-state index contributed by atoms with van der Waals surface area (Å²) < 4.78 is 8.80. The van der Waals surface area contributed by atoms with Crippen LogP contribution in [0.5, 0.6) is 0 Å². The highest BCUT2D eigenvalue weighted by Crippen LogP contribution is 2.52. The van der Waals surface area contributed by atoms with Crippen LogP contribution in [0.15, 0.2) is 60.7 Å². The highest BCUT2D eigenvalue weighted by atomic mass is 16.6. The van der Waals surface area contributed by atoms with E-state index in [2.05, 4.69) is 68.7 Å². The minimum absolute atomic E-state index is 0.293. The van der Waals surface area contributed by atoms with Crippen molar-refractivity contribution >= 4 is 22.6 Å². The maximum Gasteiger partial charge on any atom is 0.340 e. The molecular formula is C29H30N2O2. The fourth-order valence-electron chi connectivity index (χ4n) is 5.75.